The van der Waals surface area contributed by atoms with Crippen LogP contribution in [0.2, 0.25) is 0 Å². The van der Waals surface area contributed by atoms with Gasteiger partial charge in [-0.05, 0) is 26.8 Å². The van der Waals surface area contributed by atoms with E-state index < -0.39 is 5.97 Å². The molecule has 9 heteroatoms. The summed E-state index contributed by atoms with van der Waals surface area (Å²) in [6, 6.07) is 1.68. The Bertz CT molecular complexity index is 735. The summed E-state index contributed by atoms with van der Waals surface area (Å²) >= 11 is 1.67. The minimum atomic E-state index is -0.403. The van der Waals surface area contributed by atoms with Crippen molar-refractivity contribution in [2.45, 2.75) is 33.9 Å². The smallest absolute Gasteiger partial charge is 0.341 e. The summed E-state index contributed by atoms with van der Waals surface area (Å²) in [5.74, 6) is 1.40. The summed E-state index contributed by atoms with van der Waals surface area (Å²) in [5.41, 5.74) is 1.49. The molecular formula is C16H23IN4O3S. The lowest BCUT2D eigenvalue weighted by Crippen LogP contribution is -2.36. The Kier molecular flexibility index (Phi) is 8.36. The number of carbonyl (C=O) groups is 1. The van der Waals surface area contributed by atoms with Crippen molar-refractivity contribution in [2.24, 2.45) is 4.99 Å². The second-order valence-corrected chi connectivity index (χ2v) is 6.49. The number of nitrogens with zero attached hydrogens (tertiary/aromatic N) is 2. The Morgan fingerprint density at radius 3 is 2.56 bits per heavy atom. The predicted molar refractivity (Wildman–Crippen MR) is 109 cm³/mol. The normalized spacial score (nSPS) is 11.0. The minimum absolute atomic E-state index is 0. The van der Waals surface area contributed by atoms with Crippen molar-refractivity contribution in [3.63, 3.8) is 0 Å². The lowest BCUT2D eigenvalue weighted by molar-refractivity contribution is 0.0599. The van der Waals surface area contributed by atoms with Crippen LogP contribution in [0.25, 0.3) is 0 Å². The lowest BCUT2D eigenvalue weighted by atomic mass is 10.2. The van der Waals surface area contributed by atoms with Crippen molar-refractivity contribution in [3.8, 4) is 0 Å². The average molecular weight is 478 g/mol. The van der Waals surface area contributed by atoms with Crippen LogP contribution in [0, 0.1) is 20.8 Å². The molecule has 2 aromatic heterocycles. The largest absolute Gasteiger partial charge is 0.465 e. The Balaban J connectivity index is 0.00000312. The summed E-state index contributed by atoms with van der Waals surface area (Å²) in [4.78, 5) is 21.5. The van der Waals surface area contributed by atoms with Crippen molar-refractivity contribution in [2.75, 3.05) is 14.2 Å². The van der Waals surface area contributed by atoms with E-state index >= 15 is 0 Å². The van der Waals surface area contributed by atoms with Gasteiger partial charge in [0.2, 0.25) is 0 Å². The van der Waals surface area contributed by atoms with Gasteiger partial charge in [0.15, 0.2) is 5.96 Å². The van der Waals surface area contributed by atoms with Crippen molar-refractivity contribution >= 4 is 47.2 Å². The Hall–Kier alpha value is -1.62. The summed E-state index contributed by atoms with van der Waals surface area (Å²) < 4.78 is 10.3. The average Bonchev–Trinajstić information content (AvgIpc) is 3.09. The van der Waals surface area contributed by atoms with Crippen LogP contribution in [0.5, 0.6) is 0 Å². The Morgan fingerprint density at radius 1 is 1.32 bits per heavy atom. The zero-order chi connectivity index (χ0) is 17.7. The van der Waals surface area contributed by atoms with Gasteiger partial charge in [0.05, 0.1) is 25.9 Å². The maximum Gasteiger partial charge on any atom is 0.341 e. The number of hydrogen-bond donors (Lipinski definition) is 2. The zero-order valence-electron chi connectivity index (χ0n) is 14.9. The fourth-order valence-electron chi connectivity index (χ4n) is 2.11. The van der Waals surface area contributed by atoms with E-state index in [9.17, 15) is 4.79 Å². The van der Waals surface area contributed by atoms with Crippen LogP contribution in [0.15, 0.2) is 15.5 Å². The monoisotopic (exact) mass is 478 g/mol. The highest BCUT2D eigenvalue weighted by molar-refractivity contribution is 14.0. The number of esters is 1. The summed E-state index contributed by atoms with van der Waals surface area (Å²) in [6.07, 6.45) is 0. The van der Waals surface area contributed by atoms with Gasteiger partial charge >= 0.3 is 5.97 Å². The van der Waals surface area contributed by atoms with Crippen LogP contribution in [-0.4, -0.2) is 31.1 Å². The molecule has 0 saturated carbocycles. The first-order valence-corrected chi connectivity index (χ1v) is 8.31. The molecule has 0 atom stereocenters. The van der Waals surface area contributed by atoms with Crippen LogP contribution >= 0.6 is 35.3 Å². The van der Waals surface area contributed by atoms with Crippen LogP contribution in [0.3, 0.4) is 0 Å². The molecule has 2 aromatic rings. The standard InChI is InChI=1S/C16H22N4O3S.HI/c1-9-11(3)24-14(20-9)8-19-16(17-4)18-7-12-6-13(10(2)23-12)15(21)22-5;/h6H,7-8H2,1-5H3,(H2,17,18,19);1H. The first kappa shape index (κ1) is 21.4. The number of aliphatic imine (C=N–C) groups is 1. The van der Waals surface area contributed by atoms with E-state index in [1.54, 1.807) is 31.4 Å². The van der Waals surface area contributed by atoms with Gasteiger partial charge in [-0.2, -0.15) is 0 Å². The number of rotatable bonds is 5. The van der Waals surface area contributed by atoms with Gasteiger partial charge in [-0.1, -0.05) is 0 Å². The molecule has 2 N–H and O–H groups in total. The van der Waals surface area contributed by atoms with E-state index in [4.69, 9.17) is 9.15 Å². The predicted octanol–water partition coefficient (Wildman–Crippen LogP) is 2.93. The van der Waals surface area contributed by atoms with Crippen molar-refractivity contribution in [1.29, 1.82) is 0 Å². The molecular weight excluding hydrogens is 455 g/mol. The summed E-state index contributed by atoms with van der Waals surface area (Å²) in [7, 11) is 3.04. The maximum absolute atomic E-state index is 11.6. The molecule has 0 amide bonds. The zero-order valence-corrected chi connectivity index (χ0v) is 18.1. The van der Waals surface area contributed by atoms with E-state index in [0.29, 0.717) is 36.1 Å². The Labute approximate surface area is 168 Å². The first-order valence-electron chi connectivity index (χ1n) is 7.49. The highest BCUT2D eigenvalue weighted by Crippen LogP contribution is 2.16. The number of methoxy groups -OCH3 is 1. The molecule has 0 radical (unpaired) electrons. The molecule has 2 rings (SSSR count). The van der Waals surface area contributed by atoms with E-state index in [1.165, 1.54) is 12.0 Å². The number of hydrogen-bond acceptors (Lipinski definition) is 6. The molecule has 0 unspecified atom stereocenters. The Morgan fingerprint density at radius 2 is 2.00 bits per heavy atom. The van der Waals surface area contributed by atoms with Crippen molar-refractivity contribution in [1.82, 2.24) is 15.6 Å². The number of guanidine groups is 1. The number of carbonyl (C=O) groups excluding carboxylic acids is 1. The molecule has 0 aliphatic carbocycles. The number of halogens is 1. The number of thiazole rings is 1. The number of aryl methyl sites for hydroxylation is 3. The number of aromatic nitrogens is 1. The fraction of sp³-hybridized carbons (Fsp3) is 0.438. The molecule has 0 fully saturated rings. The number of furan rings is 1. The second-order valence-electron chi connectivity index (χ2n) is 5.20. The molecule has 25 heavy (non-hydrogen) atoms. The van der Waals surface area contributed by atoms with Gasteiger partial charge in [0, 0.05) is 11.9 Å². The molecule has 0 saturated heterocycles. The molecule has 2 heterocycles. The number of ether oxygens (including phenoxy) is 1. The van der Waals surface area contributed by atoms with Crippen molar-refractivity contribution < 1.29 is 13.9 Å². The molecule has 138 valence electrons. The highest BCUT2D eigenvalue weighted by Gasteiger charge is 2.15. The molecule has 0 aliphatic rings. The summed E-state index contributed by atoms with van der Waals surface area (Å²) in [5, 5.41) is 7.36. The second kappa shape index (κ2) is 9.76. The first-order chi connectivity index (χ1) is 11.4. The topological polar surface area (TPSA) is 88.8 Å². The van der Waals surface area contributed by atoms with E-state index in [2.05, 4.69) is 27.5 Å². The van der Waals surface area contributed by atoms with Crippen LogP contribution < -0.4 is 10.6 Å². The fourth-order valence-corrected chi connectivity index (χ4v) is 2.98. The van der Waals surface area contributed by atoms with Crippen LogP contribution in [0.1, 0.15) is 37.5 Å². The molecule has 7 nitrogen and oxygen atoms in total. The van der Waals surface area contributed by atoms with Gasteiger partial charge in [0.25, 0.3) is 0 Å². The maximum atomic E-state index is 11.6. The summed E-state index contributed by atoms with van der Waals surface area (Å²) in [6.45, 7) is 6.80. The SMILES string of the molecule is CN=C(NCc1cc(C(=O)OC)c(C)o1)NCc1nc(C)c(C)s1.I. The molecule has 0 bridgehead atoms. The van der Waals surface area contributed by atoms with E-state index in [0.717, 1.165) is 10.7 Å². The van der Waals surface area contributed by atoms with Gasteiger partial charge in [-0.15, -0.1) is 35.3 Å². The van der Waals surface area contributed by atoms with Crippen LogP contribution in [-0.2, 0) is 17.8 Å². The highest BCUT2D eigenvalue weighted by atomic mass is 127. The van der Waals surface area contributed by atoms with Gasteiger partial charge < -0.3 is 19.8 Å². The minimum Gasteiger partial charge on any atom is -0.465 e. The van der Waals surface area contributed by atoms with E-state index in [-0.39, 0.29) is 24.0 Å². The third-order valence-corrected chi connectivity index (χ3v) is 4.58. The molecule has 0 aromatic carbocycles. The third kappa shape index (κ3) is 5.70. The molecule has 0 spiro atoms. The lowest BCUT2D eigenvalue weighted by Gasteiger charge is -2.09. The molecule has 0 aliphatic heterocycles. The van der Waals surface area contributed by atoms with Gasteiger partial charge in [-0.25, -0.2) is 9.78 Å². The quantitative estimate of drug-likeness (QED) is 0.298. The van der Waals surface area contributed by atoms with Crippen LogP contribution in [0.4, 0.5) is 0 Å². The van der Waals surface area contributed by atoms with Gasteiger partial charge in [-0.3, -0.25) is 4.99 Å². The number of nitrogens with one attached hydrogen (secondary N) is 2. The van der Waals surface area contributed by atoms with E-state index in [1.807, 2.05) is 6.92 Å². The third-order valence-electron chi connectivity index (χ3n) is 3.51. The van der Waals surface area contributed by atoms with Crippen molar-refractivity contribution in [3.05, 3.63) is 38.7 Å². The van der Waals surface area contributed by atoms with Gasteiger partial charge in [0.1, 0.15) is 22.1 Å².